The summed E-state index contributed by atoms with van der Waals surface area (Å²) in [7, 11) is 0. The van der Waals surface area contributed by atoms with Gasteiger partial charge in [0.1, 0.15) is 6.54 Å². The van der Waals surface area contributed by atoms with Crippen molar-refractivity contribution in [3.05, 3.63) is 48.3 Å². The summed E-state index contributed by atoms with van der Waals surface area (Å²) >= 11 is 0. The number of nitrogens with zero attached hydrogens (tertiary/aromatic N) is 2. The molecule has 7 nitrogen and oxygen atoms in total. The van der Waals surface area contributed by atoms with E-state index in [0.29, 0.717) is 5.69 Å². The molecule has 25 heavy (non-hydrogen) atoms. The monoisotopic (exact) mass is 342 g/mol. The van der Waals surface area contributed by atoms with Crippen molar-refractivity contribution >= 4 is 17.5 Å². The number of hydrogen-bond acceptors (Lipinski definition) is 4. The number of primary amides is 1. The second kappa shape index (κ2) is 7.94. The highest BCUT2D eigenvalue weighted by molar-refractivity contribution is 5.94. The maximum atomic E-state index is 12.8. The fourth-order valence-corrected chi connectivity index (χ4v) is 3.02. The van der Waals surface area contributed by atoms with E-state index in [-0.39, 0.29) is 18.6 Å². The summed E-state index contributed by atoms with van der Waals surface area (Å²) in [6.07, 6.45) is 6.71. The first-order chi connectivity index (χ1) is 12.1. The first-order valence-corrected chi connectivity index (χ1v) is 8.44. The maximum absolute atomic E-state index is 12.8. The van der Waals surface area contributed by atoms with Crippen LogP contribution >= 0.6 is 0 Å². The van der Waals surface area contributed by atoms with Crippen LogP contribution in [0, 0.1) is 0 Å². The van der Waals surface area contributed by atoms with Crippen molar-refractivity contribution < 1.29 is 14.3 Å². The number of ether oxygens (including phenoxy) is 1. The van der Waals surface area contributed by atoms with Gasteiger partial charge in [-0.25, -0.2) is 0 Å². The zero-order chi connectivity index (χ0) is 17.6. The van der Waals surface area contributed by atoms with Gasteiger partial charge in [0.05, 0.1) is 18.0 Å². The summed E-state index contributed by atoms with van der Waals surface area (Å²) in [5.74, 6) is -0.746. The van der Waals surface area contributed by atoms with Crippen molar-refractivity contribution in [2.24, 2.45) is 5.73 Å². The number of hydrogen-bond donors (Lipinski definition) is 2. The van der Waals surface area contributed by atoms with Gasteiger partial charge < -0.3 is 15.8 Å². The number of amides is 2. The molecular weight excluding hydrogens is 320 g/mol. The van der Waals surface area contributed by atoms with E-state index >= 15 is 0 Å². The zero-order valence-corrected chi connectivity index (χ0v) is 13.9. The van der Waals surface area contributed by atoms with E-state index in [1.54, 1.807) is 6.20 Å². The molecule has 1 saturated carbocycles. The third-order valence-electron chi connectivity index (χ3n) is 4.19. The summed E-state index contributed by atoms with van der Waals surface area (Å²) in [4.78, 5) is 23.7. The van der Waals surface area contributed by atoms with Gasteiger partial charge in [-0.1, -0.05) is 43.2 Å². The van der Waals surface area contributed by atoms with Gasteiger partial charge in [0.2, 0.25) is 5.91 Å². The average Bonchev–Trinajstić information content (AvgIpc) is 3.25. The molecule has 1 aliphatic rings. The Balaban J connectivity index is 1.72. The van der Waals surface area contributed by atoms with Crippen molar-refractivity contribution in [2.75, 3.05) is 5.32 Å². The van der Waals surface area contributed by atoms with Crippen LogP contribution in [0.25, 0.3) is 0 Å². The highest BCUT2D eigenvalue weighted by Crippen LogP contribution is 2.28. The van der Waals surface area contributed by atoms with Gasteiger partial charge in [0.15, 0.2) is 6.10 Å². The van der Waals surface area contributed by atoms with Crippen LogP contribution < -0.4 is 11.1 Å². The molecule has 1 aromatic heterocycles. The van der Waals surface area contributed by atoms with Crippen molar-refractivity contribution in [3.63, 3.8) is 0 Å². The molecule has 1 aromatic carbocycles. The van der Waals surface area contributed by atoms with Crippen molar-refractivity contribution in [2.45, 2.75) is 44.4 Å². The van der Waals surface area contributed by atoms with Crippen molar-refractivity contribution in [3.8, 4) is 0 Å². The standard InChI is InChI=1S/C18H22N4O3/c19-16(23)12-22-11-14(10-20-22)21-18(24)17(13-6-2-1-3-7-13)25-15-8-4-5-9-15/h1-3,6-7,10-11,15,17H,4-5,8-9,12H2,(H2,19,23)(H,21,24). The number of anilines is 1. The lowest BCUT2D eigenvalue weighted by Gasteiger charge is -2.21. The van der Waals surface area contributed by atoms with Crippen molar-refractivity contribution in [1.29, 1.82) is 0 Å². The van der Waals surface area contributed by atoms with Gasteiger partial charge in [-0.2, -0.15) is 5.10 Å². The normalized spacial score (nSPS) is 15.8. The highest BCUT2D eigenvalue weighted by Gasteiger charge is 2.27. The zero-order valence-electron chi connectivity index (χ0n) is 13.9. The lowest BCUT2D eigenvalue weighted by Crippen LogP contribution is -2.26. The van der Waals surface area contributed by atoms with Crippen LogP contribution in [0.3, 0.4) is 0 Å². The third-order valence-corrected chi connectivity index (χ3v) is 4.19. The first kappa shape index (κ1) is 17.2. The lowest BCUT2D eigenvalue weighted by atomic mass is 10.1. The van der Waals surface area contributed by atoms with Crippen LogP contribution in [0.2, 0.25) is 0 Å². The lowest BCUT2D eigenvalue weighted by molar-refractivity contribution is -0.131. The molecule has 0 aliphatic heterocycles. The smallest absolute Gasteiger partial charge is 0.258 e. The Morgan fingerprint density at radius 3 is 2.68 bits per heavy atom. The van der Waals surface area contributed by atoms with Gasteiger partial charge >= 0.3 is 0 Å². The molecule has 1 heterocycles. The molecule has 0 bridgehead atoms. The molecule has 0 saturated heterocycles. The van der Waals surface area contributed by atoms with E-state index in [9.17, 15) is 9.59 Å². The Labute approximate surface area is 146 Å². The van der Waals surface area contributed by atoms with Crippen LogP contribution in [0.5, 0.6) is 0 Å². The molecule has 1 aliphatic carbocycles. The predicted octanol–water partition coefficient (Wildman–Crippen LogP) is 2.01. The minimum Gasteiger partial charge on any atom is -0.368 e. The molecular formula is C18H22N4O3. The largest absolute Gasteiger partial charge is 0.368 e. The Hall–Kier alpha value is -2.67. The fraction of sp³-hybridized carbons (Fsp3) is 0.389. The number of carbonyl (C=O) groups is 2. The Bertz CT molecular complexity index is 723. The van der Waals surface area contributed by atoms with E-state index in [0.717, 1.165) is 31.2 Å². The molecule has 1 unspecified atom stereocenters. The van der Waals surface area contributed by atoms with Gasteiger partial charge in [0, 0.05) is 6.20 Å². The van der Waals surface area contributed by atoms with E-state index in [2.05, 4.69) is 10.4 Å². The maximum Gasteiger partial charge on any atom is 0.258 e. The Kier molecular flexibility index (Phi) is 5.45. The first-order valence-electron chi connectivity index (χ1n) is 8.44. The molecule has 0 spiro atoms. The fourth-order valence-electron chi connectivity index (χ4n) is 3.02. The molecule has 1 atom stereocenters. The topological polar surface area (TPSA) is 99.2 Å². The van der Waals surface area contributed by atoms with Gasteiger partial charge in [-0.15, -0.1) is 0 Å². The SMILES string of the molecule is NC(=O)Cn1cc(NC(=O)C(OC2CCCC2)c2ccccc2)cn1. The Morgan fingerprint density at radius 2 is 2.00 bits per heavy atom. The van der Waals surface area contributed by atoms with Crippen LogP contribution in [0.1, 0.15) is 37.4 Å². The van der Waals surface area contributed by atoms with Crippen molar-refractivity contribution in [1.82, 2.24) is 9.78 Å². The van der Waals surface area contributed by atoms with Gasteiger partial charge in [0.25, 0.3) is 5.91 Å². The average molecular weight is 342 g/mol. The molecule has 3 N–H and O–H groups in total. The summed E-state index contributed by atoms with van der Waals surface area (Å²) in [6, 6.07) is 9.45. The number of nitrogens with two attached hydrogens (primary N) is 1. The summed E-state index contributed by atoms with van der Waals surface area (Å²) in [6.45, 7) is -0.0312. The van der Waals surface area contributed by atoms with Crippen LogP contribution in [0.4, 0.5) is 5.69 Å². The van der Waals surface area contributed by atoms with Gasteiger partial charge in [-0.3, -0.25) is 14.3 Å². The summed E-state index contributed by atoms with van der Waals surface area (Å²) in [5.41, 5.74) is 6.46. The van der Waals surface area contributed by atoms with E-state index in [1.165, 1.54) is 10.9 Å². The molecule has 7 heteroatoms. The predicted molar refractivity (Wildman–Crippen MR) is 92.6 cm³/mol. The van der Waals surface area contributed by atoms with E-state index < -0.39 is 12.0 Å². The molecule has 0 radical (unpaired) electrons. The quantitative estimate of drug-likeness (QED) is 0.804. The highest BCUT2D eigenvalue weighted by atomic mass is 16.5. The minimum absolute atomic E-state index is 0.0312. The van der Waals surface area contributed by atoms with Crippen LogP contribution in [-0.2, 0) is 20.9 Å². The third kappa shape index (κ3) is 4.67. The Morgan fingerprint density at radius 1 is 1.28 bits per heavy atom. The van der Waals surface area contributed by atoms with E-state index in [1.807, 2.05) is 30.3 Å². The molecule has 132 valence electrons. The number of nitrogens with one attached hydrogen (secondary N) is 1. The number of benzene rings is 1. The van der Waals surface area contributed by atoms with Crippen LogP contribution in [0.15, 0.2) is 42.7 Å². The van der Waals surface area contributed by atoms with E-state index in [4.69, 9.17) is 10.5 Å². The number of rotatable bonds is 7. The second-order valence-electron chi connectivity index (χ2n) is 6.22. The number of aromatic nitrogens is 2. The molecule has 2 aromatic rings. The minimum atomic E-state index is -0.677. The summed E-state index contributed by atoms with van der Waals surface area (Å²) in [5, 5.41) is 6.81. The molecule has 2 amide bonds. The number of carbonyl (C=O) groups excluding carboxylic acids is 2. The molecule has 3 rings (SSSR count). The summed E-state index contributed by atoms with van der Waals surface area (Å²) < 4.78 is 7.47. The second-order valence-corrected chi connectivity index (χ2v) is 6.22. The molecule has 1 fully saturated rings. The van der Waals surface area contributed by atoms with Gasteiger partial charge in [-0.05, 0) is 18.4 Å². The van der Waals surface area contributed by atoms with Crippen LogP contribution in [-0.4, -0.2) is 27.7 Å².